The third-order valence-corrected chi connectivity index (χ3v) is 5.65. The molecule has 0 bridgehead atoms. The number of hydrogen-bond donors (Lipinski definition) is 1. The molecule has 6 nitrogen and oxygen atoms in total. The van der Waals surface area contributed by atoms with Crippen LogP contribution >= 0.6 is 11.6 Å². The molecule has 1 aliphatic rings. The lowest BCUT2D eigenvalue weighted by Crippen LogP contribution is -2.48. The van der Waals surface area contributed by atoms with Gasteiger partial charge in [-0.2, -0.15) is 0 Å². The first kappa shape index (κ1) is 22.7. The highest BCUT2D eigenvalue weighted by Crippen LogP contribution is 2.31. The predicted octanol–water partition coefficient (Wildman–Crippen LogP) is 4.11. The van der Waals surface area contributed by atoms with E-state index in [9.17, 15) is 9.59 Å². The van der Waals surface area contributed by atoms with Crippen molar-refractivity contribution in [3.8, 4) is 11.5 Å². The molecule has 1 N–H and O–H groups in total. The largest absolute Gasteiger partial charge is 0.486 e. The smallest absolute Gasteiger partial charge is 0.251 e. The van der Waals surface area contributed by atoms with Gasteiger partial charge in [0.2, 0.25) is 5.91 Å². The van der Waals surface area contributed by atoms with Crippen molar-refractivity contribution in [1.29, 1.82) is 0 Å². The molecular weight excluding hydrogens is 440 g/mol. The summed E-state index contributed by atoms with van der Waals surface area (Å²) in [6, 6.07) is 21.1. The summed E-state index contributed by atoms with van der Waals surface area (Å²) in [5, 5.41) is 3.44. The van der Waals surface area contributed by atoms with Crippen LogP contribution in [0.25, 0.3) is 0 Å². The molecule has 3 aromatic rings. The van der Waals surface area contributed by atoms with Gasteiger partial charge in [0, 0.05) is 30.6 Å². The van der Waals surface area contributed by atoms with E-state index in [1.807, 2.05) is 48.5 Å². The van der Waals surface area contributed by atoms with Gasteiger partial charge < -0.3 is 19.7 Å². The molecule has 0 saturated heterocycles. The highest BCUT2D eigenvalue weighted by molar-refractivity contribution is 6.30. The van der Waals surface area contributed by atoms with Crippen molar-refractivity contribution < 1.29 is 19.1 Å². The first-order valence-corrected chi connectivity index (χ1v) is 11.1. The van der Waals surface area contributed by atoms with Crippen molar-refractivity contribution >= 4 is 23.4 Å². The number of halogens is 1. The van der Waals surface area contributed by atoms with E-state index in [1.165, 1.54) is 0 Å². The summed E-state index contributed by atoms with van der Waals surface area (Å²) in [5.74, 6) is 0.873. The van der Waals surface area contributed by atoms with E-state index in [2.05, 4.69) is 5.32 Å². The summed E-state index contributed by atoms with van der Waals surface area (Å²) in [7, 11) is 1.73. The number of fused-ring (bicyclic) bond motifs is 1. The maximum Gasteiger partial charge on any atom is 0.251 e. The van der Waals surface area contributed by atoms with Gasteiger partial charge in [-0.25, -0.2) is 0 Å². The fourth-order valence-corrected chi connectivity index (χ4v) is 3.82. The normalized spacial score (nSPS) is 13.2. The second kappa shape index (κ2) is 10.4. The minimum atomic E-state index is -0.724. The number of benzene rings is 3. The Morgan fingerprint density at radius 3 is 2.36 bits per heavy atom. The molecule has 3 aromatic carbocycles. The second-order valence-corrected chi connectivity index (χ2v) is 8.33. The number of likely N-dealkylation sites (N-methyl/N-ethyl adjacent to an activating group) is 1. The molecule has 0 radical (unpaired) electrons. The fraction of sp³-hybridized carbons (Fsp3) is 0.231. The topological polar surface area (TPSA) is 67.9 Å². The average Bonchev–Trinajstić information content (AvgIpc) is 2.84. The SMILES string of the molecule is CN(Cc1ccc2c(c1)OCCO2)C(=O)C(Cc1ccccc1)NC(=O)c1ccc(Cl)cc1. The van der Waals surface area contributed by atoms with Crippen molar-refractivity contribution in [2.45, 2.75) is 19.0 Å². The van der Waals surface area contributed by atoms with Crippen molar-refractivity contribution in [3.63, 3.8) is 0 Å². The van der Waals surface area contributed by atoms with Gasteiger partial charge in [0.15, 0.2) is 11.5 Å². The van der Waals surface area contributed by atoms with Crippen LogP contribution in [0.3, 0.4) is 0 Å². The zero-order valence-electron chi connectivity index (χ0n) is 18.3. The number of rotatable bonds is 7. The lowest BCUT2D eigenvalue weighted by atomic mass is 10.0. The Morgan fingerprint density at radius 1 is 0.939 bits per heavy atom. The van der Waals surface area contributed by atoms with Gasteiger partial charge in [-0.3, -0.25) is 9.59 Å². The van der Waals surface area contributed by atoms with E-state index in [4.69, 9.17) is 21.1 Å². The van der Waals surface area contributed by atoms with Crippen LogP contribution in [-0.2, 0) is 17.8 Å². The van der Waals surface area contributed by atoms with Gasteiger partial charge in [0.1, 0.15) is 19.3 Å². The van der Waals surface area contributed by atoms with Crippen LogP contribution in [0.5, 0.6) is 11.5 Å². The summed E-state index contributed by atoms with van der Waals surface area (Å²) >= 11 is 5.93. The lowest BCUT2D eigenvalue weighted by Gasteiger charge is -2.26. The summed E-state index contributed by atoms with van der Waals surface area (Å²) in [5.41, 5.74) is 2.32. The van der Waals surface area contributed by atoms with Crippen molar-refractivity contribution in [2.24, 2.45) is 0 Å². The fourth-order valence-electron chi connectivity index (χ4n) is 3.70. The molecule has 1 unspecified atom stereocenters. The molecule has 2 amide bonds. The van der Waals surface area contributed by atoms with Crippen LogP contribution in [0.2, 0.25) is 5.02 Å². The third kappa shape index (κ3) is 5.84. The zero-order valence-corrected chi connectivity index (χ0v) is 19.0. The Hall–Kier alpha value is -3.51. The van der Waals surface area contributed by atoms with Crippen LogP contribution in [0.1, 0.15) is 21.5 Å². The maximum absolute atomic E-state index is 13.4. The van der Waals surface area contributed by atoms with Gasteiger partial charge in [-0.15, -0.1) is 0 Å². The Labute approximate surface area is 198 Å². The van der Waals surface area contributed by atoms with Gasteiger partial charge in [-0.05, 0) is 47.5 Å². The zero-order chi connectivity index (χ0) is 23.2. The van der Waals surface area contributed by atoms with Crippen molar-refractivity contribution in [3.05, 3.63) is 94.5 Å². The van der Waals surface area contributed by atoms with Crippen LogP contribution in [0.15, 0.2) is 72.8 Å². The van der Waals surface area contributed by atoms with E-state index in [0.29, 0.717) is 48.3 Å². The maximum atomic E-state index is 13.4. The van der Waals surface area contributed by atoms with E-state index in [0.717, 1.165) is 11.1 Å². The molecule has 4 rings (SSSR count). The first-order valence-electron chi connectivity index (χ1n) is 10.7. The minimum absolute atomic E-state index is 0.184. The quantitative estimate of drug-likeness (QED) is 0.571. The van der Waals surface area contributed by atoms with E-state index >= 15 is 0 Å². The average molecular weight is 465 g/mol. The summed E-state index contributed by atoms with van der Waals surface area (Å²) in [6.45, 7) is 1.40. The number of nitrogens with zero attached hydrogens (tertiary/aromatic N) is 1. The molecule has 33 heavy (non-hydrogen) atoms. The van der Waals surface area contributed by atoms with E-state index in [-0.39, 0.29) is 11.8 Å². The van der Waals surface area contributed by atoms with Crippen molar-refractivity contribution in [2.75, 3.05) is 20.3 Å². The molecule has 1 aliphatic heterocycles. The lowest BCUT2D eigenvalue weighted by molar-refractivity contribution is -0.132. The Kier molecular flexibility index (Phi) is 7.15. The highest BCUT2D eigenvalue weighted by Gasteiger charge is 2.25. The second-order valence-electron chi connectivity index (χ2n) is 7.89. The number of carbonyl (C=O) groups excluding carboxylic acids is 2. The number of hydrogen-bond acceptors (Lipinski definition) is 4. The molecule has 1 heterocycles. The van der Waals surface area contributed by atoms with Gasteiger partial charge >= 0.3 is 0 Å². The number of carbonyl (C=O) groups is 2. The third-order valence-electron chi connectivity index (χ3n) is 5.40. The monoisotopic (exact) mass is 464 g/mol. The van der Waals surface area contributed by atoms with Crippen molar-refractivity contribution in [1.82, 2.24) is 10.2 Å². The Bertz CT molecular complexity index is 1120. The Balaban J connectivity index is 1.50. The minimum Gasteiger partial charge on any atom is -0.486 e. The molecule has 0 fully saturated rings. The van der Waals surface area contributed by atoms with E-state index < -0.39 is 6.04 Å². The molecule has 7 heteroatoms. The molecular formula is C26H25ClN2O4. The van der Waals surface area contributed by atoms with Crippen LogP contribution < -0.4 is 14.8 Å². The number of nitrogens with one attached hydrogen (secondary N) is 1. The van der Waals surface area contributed by atoms with Gasteiger partial charge in [0.05, 0.1) is 0 Å². The van der Waals surface area contributed by atoms with Crippen LogP contribution in [0, 0.1) is 0 Å². The van der Waals surface area contributed by atoms with E-state index in [1.54, 1.807) is 36.2 Å². The molecule has 170 valence electrons. The Morgan fingerprint density at radius 2 is 1.64 bits per heavy atom. The number of amides is 2. The molecule has 0 aromatic heterocycles. The predicted molar refractivity (Wildman–Crippen MR) is 127 cm³/mol. The summed E-state index contributed by atoms with van der Waals surface area (Å²) in [4.78, 5) is 27.9. The first-order chi connectivity index (χ1) is 16.0. The summed E-state index contributed by atoms with van der Waals surface area (Å²) in [6.07, 6.45) is 0.379. The highest BCUT2D eigenvalue weighted by atomic mass is 35.5. The molecule has 0 saturated carbocycles. The van der Waals surface area contributed by atoms with Crippen LogP contribution in [-0.4, -0.2) is 43.0 Å². The van der Waals surface area contributed by atoms with Crippen LogP contribution in [0.4, 0.5) is 0 Å². The molecule has 1 atom stereocenters. The van der Waals surface area contributed by atoms with Gasteiger partial charge in [0.25, 0.3) is 5.91 Å². The standard InChI is InChI=1S/C26H25ClN2O4/c1-29(17-19-7-12-23-24(16-19)33-14-13-32-23)26(31)22(15-18-5-3-2-4-6-18)28-25(30)20-8-10-21(27)11-9-20/h2-12,16,22H,13-15,17H2,1H3,(H,28,30). The molecule has 0 aliphatic carbocycles. The number of ether oxygens (including phenoxy) is 2. The summed E-state index contributed by atoms with van der Waals surface area (Å²) < 4.78 is 11.2. The molecule has 0 spiro atoms. The van der Waals surface area contributed by atoms with Gasteiger partial charge in [-0.1, -0.05) is 48.0 Å².